The Bertz CT molecular complexity index is 991. The summed E-state index contributed by atoms with van der Waals surface area (Å²) in [7, 11) is 0. The molecule has 1 aliphatic heterocycles. The first-order chi connectivity index (χ1) is 13.7. The van der Waals surface area contributed by atoms with Gasteiger partial charge in [0.05, 0.1) is 36.8 Å². The smallest absolute Gasteiger partial charge is 0.230 e. The van der Waals surface area contributed by atoms with Crippen LogP contribution < -0.4 is 15.4 Å². The standard InChI is InChI=1S/C20H23N7O/c1-3-28-16-7-8-18-17(10-16)14(2)24-20(25-18)26-19-22-12-27(13-23-19)11-15-6-4-5-9-21-15/h4-10H,3,11-13H2,1-2H3,(H2,22,23,24,25,26). The Morgan fingerprint density at radius 1 is 1.21 bits per heavy atom. The molecule has 1 aromatic carbocycles. The molecular formula is C20H23N7O. The fourth-order valence-corrected chi connectivity index (χ4v) is 3.05. The van der Waals surface area contributed by atoms with Gasteiger partial charge in [-0.15, -0.1) is 0 Å². The molecule has 4 rings (SSSR count). The minimum atomic E-state index is 0.526. The quantitative estimate of drug-likeness (QED) is 0.706. The second-order valence-electron chi connectivity index (χ2n) is 6.50. The van der Waals surface area contributed by atoms with Crippen LogP contribution in [0.25, 0.3) is 10.9 Å². The molecule has 0 spiro atoms. The minimum absolute atomic E-state index is 0.526. The molecule has 0 fully saturated rings. The van der Waals surface area contributed by atoms with Crippen molar-refractivity contribution in [3.05, 3.63) is 54.0 Å². The normalized spacial score (nSPS) is 14.4. The van der Waals surface area contributed by atoms with Crippen molar-refractivity contribution in [2.45, 2.75) is 20.4 Å². The Kier molecular flexibility index (Phi) is 5.29. The number of aryl methyl sites for hydroxylation is 1. The highest BCUT2D eigenvalue weighted by molar-refractivity contribution is 5.93. The Balaban J connectivity index is 1.44. The molecule has 0 aliphatic carbocycles. The number of rotatable bonds is 5. The number of hydrogen-bond donors (Lipinski definition) is 2. The minimum Gasteiger partial charge on any atom is -0.494 e. The third-order valence-corrected chi connectivity index (χ3v) is 4.41. The van der Waals surface area contributed by atoms with Crippen LogP contribution in [0, 0.1) is 6.92 Å². The van der Waals surface area contributed by atoms with Crippen molar-refractivity contribution >= 4 is 22.8 Å². The average molecular weight is 377 g/mol. The summed E-state index contributed by atoms with van der Waals surface area (Å²) in [5, 5.41) is 7.43. The van der Waals surface area contributed by atoms with E-state index in [0.717, 1.165) is 34.6 Å². The summed E-state index contributed by atoms with van der Waals surface area (Å²) >= 11 is 0. The van der Waals surface area contributed by atoms with Gasteiger partial charge in [0, 0.05) is 18.1 Å². The van der Waals surface area contributed by atoms with Gasteiger partial charge in [0.25, 0.3) is 0 Å². The van der Waals surface area contributed by atoms with Gasteiger partial charge >= 0.3 is 0 Å². The predicted molar refractivity (Wildman–Crippen MR) is 109 cm³/mol. The van der Waals surface area contributed by atoms with Gasteiger partial charge in [0.1, 0.15) is 5.75 Å². The van der Waals surface area contributed by atoms with Crippen molar-refractivity contribution in [3.63, 3.8) is 0 Å². The summed E-state index contributed by atoms with van der Waals surface area (Å²) in [6.07, 6.45) is 1.81. The first-order valence-corrected chi connectivity index (χ1v) is 9.30. The SMILES string of the molecule is CCOc1ccc2nc(NC3=NCN(Cc4ccccn4)CN3)nc(C)c2c1. The molecular weight excluding hydrogens is 354 g/mol. The maximum absolute atomic E-state index is 5.56. The van der Waals surface area contributed by atoms with Crippen LogP contribution in [-0.4, -0.2) is 45.8 Å². The Morgan fingerprint density at radius 2 is 2.14 bits per heavy atom. The van der Waals surface area contributed by atoms with Gasteiger partial charge in [-0.2, -0.15) is 0 Å². The lowest BCUT2D eigenvalue weighted by atomic mass is 10.2. The molecule has 0 saturated heterocycles. The highest BCUT2D eigenvalue weighted by Crippen LogP contribution is 2.23. The molecule has 0 saturated carbocycles. The first kappa shape index (κ1) is 18.1. The van der Waals surface area contributed by atoms with E-state index in [4.69, 9.17) is 4.74 Å². The maximum atomic E-state index is 5.56. The molecule has 2 aromatic heterocycles. The highest BCUT2D eigenvalue weighted by Gasteiger charge is 2.14. The molecule has 0 radical (unpaired) electrons. The van der Waals surface area contributed by atoms with E-state index < -0.39 is 0 Å². The Hall–Kier alpha value is -3.26. The van der Waals surface area contributed by atoms with Crippen LogP contribution >= 0.6 is 0 Å². The topological polar surface area (TPSA) is 87.6 Å². The lowest BCUT2D eigenvalue weighted by molar-refractivity contribution is 0.254. The number of nitrogens with zero attached hydrogens (tertiary/aromatic N) is 5. The fourth-order valence-electron chi connectivity index (χ4n) is 3.05. The molecule has 8 nitrogen and oxygen atoms in total. The van der Waals surface area contributed by atoms with Crippen LogP contribution in [-0.2, 0) is 6.54 Å². The zero-order valence-corrected chi connectivity index (χ0v) is 16.0. The molecule has 2 N–H and O–H groups in total. The first-order valence-electron chi connectivity index (χ1n) is 9.30. The maximum Gasteiger partial charge on any atom is 0.230 e. The number of guanidine groups is 1. The van der Waals surface area contributed by atoms with Crippen molar-refractivity contribution in [1.82, 2.24) is 25.2 Å². The number of benzene rings is 1. The number of ether oxygens (including phenoxy) is 1. The van der Waals surface area contributed by atoms with E-state index in [1.165, 1.54) is 0 Å². The molecule has 144 valence electrons. The number of nitrogens with one attached hydrogen (secondary N) is 2. The van der Waals surface area contributed by atoms with Crippen molar-refractivity contribution in [1.29, 1.82) is 0 Å². The Labute approximate surface area is 163 Å². The molecule has 3 aromatic rings. The monoisotopic (exact) mass is 377 g/mol. The number of anilines is 1. The second kappa shape index (κ2) is 8.18. The molecule has 28 heavy (non-hydrogen) atoms. The van der Waals surface area contributed by atoms with Crippen molar-refractivity contribution in [2.75, 3.05) is 25.3 Å². The number of fused-ring (bicyclic) bond motifs is 1. The molecule has 0 unspecified atom stereocenters. The number of aliphatic imine (C=N–C) groups is 1. The molecule has 8 heteroatoms. The largest absolute Gasteiger partial charge is 0.494 e. The third-order valence-electron chi connectivity index (χ3n) is 4.41. The summed E-state index contributed by atoms with van der Waals surface area (Å²) in [6, 6.07) is 11.8. The molecule has 3 heterocycles. The van der Waals surface area contributed by atoms with Gasteiger partial charge in [-0.05, 0) is 44.2 Å². The van der Waals surface area contributed by atoms with Crippen LogP contribution in [0.4, 0.5) is 5.95 Å². The number of pyridine rings is 1. The third kappa shape index (κ3) is 4.17. The molecule has 1 aliphatic rings. The zero-order chi connectivity index (χ0) is 19.3. The van der Waals surface area contributed by atoms with Crippen molar-refractivity contribution in [3.8, 4) is 5.75 Å². The predicted octanol–water partition coefficient (Wildman–Crippen LogP) is 2.52. The molecule has 0 bridgehead atoms. The molecule has 0 atom stereocenters. The average Bonchev–Trinajstić information content (AvgIpc) is 2.71. The van der Waals surface area contributed by atoms with Crippen LogP contribution in [0.1, 0.15) is 18.3 Å². The Morgan fingerprint density at radius 3 is 2.89 bits per heavy atom. The van der Waals surface area contributed by atoms with Crippen LogP contribution in [0.5, 0.6) is 5.75 Å². The summed E-state index contributed by atoms with van der Waals surface area (Å²) < 4.78 is 5.56. The summed E-state index contributed by atoms with van der Waals surface area (Å²) in [6.45, 7) is 6.57. The second-order valence-corrected chi connectivity index (χ2v) is 6.50. The summed E-state index contributed by atoms with van der Waals surface area (Å²) in [5.74, 6) is 2.02. The van der Waals surface area contributed by atoms with Gasteiger partial charge in [0.15, 0.2) is 0 Å². The highest BCUT2D eigenvalue weighted by atomic mass is 16.5. The lowest BCUT2D eigenvalue weighted by Gasteiger charge is -2.26. The van der Waals surface area contributed by atoms with Gasteiger partial charge < -0.3 is 10.1 Å². The van der Waals surface area contributed by atoms with E-state index in [9.17, 15) is 0 Å². The van der Waals surface area contributed by atoms with E-state index >= 15 is 0 Å². The van der Waals surface area contributed by atoms with Gasteiger partial charge in [-0.3, -0.25) is 15.2 Å². The van der Waals surface area contributed by atoms with E-state index in [1.54, 1.807) is 6.20 Å². The van der Waals surface area contributed by atoms with E-state index in [0.29, 0.717) is 31.9 Å². The van der Waals surface area contributed by atoms with Gasteiger partial charge in [0.2, 0.25) is 11.9 Å². The lowest BCUT2D eigenvalue weighted by Crippen LogP contribution is -2.45. The van der Waals surface area contributed by atoms with Gasteiger partial charge in [-0.1, -0.05) is 6.07 Å². The van der Waals surface area contributed by atoms with E-state index in [2.05, 4.69) is 35.5 Å². The zero-order valence-electron chi connectivity index (χ0n) is 16.0. The van der Waals surface area contributed by atoms with Gasteiger partial charge in [-0.25, -0.2) is 15.0 Å². The van der Waals surface area contributed by atoms with Crippen LogP contribution in [0.15, 0.2) is 47.6 Å². The van der Waals surface area contributed by atoms with E-state index in [-0.39, 0.29) is 0 Å². The van der Waals surface area contributed by atoms with Crippen LogP contribution in [0.2, 0.25) is 0 Å². The summed E-state index contributed by atoms with van der Waals surface area (Å²) in [5.41, 5.74) is 2.78. The fraction of sp³-hybridized carbons (Fsp3) is 0.300. The van der Waals surface area contributed by atoms with Crippen molar-refractivity contribution in [2.24, 2.45) is 4.99 Å². The van der Waals surface area contributed by atoms with Crippen molar-refractivity contribution < 1.29 is 4.74 Å². The van der Waals surface area contributed by atoms with Crippen LogP contribution in [0.3, 0.4) is 0 Å². The number of hydrogen-bond acceptors (Lipinski definition) is 8. The summed E-state index contributed by atoms with van der Waals surface area (Å²) in [4.78, 5) is 20.2. The van der Waals surface area contributed by atoms with E-state index in [1.807, 2.05) is 50.2 Å². The molecule has 0 amide bonds. The number of aromatic nitrogens is 3.